The minimum Gasteiger partial charge on any atom is -0.493 e. The molecule has 0 unspecified atom stereocenters. The maximum Gasteiger partial charge on any atom is 0.264 e. The van der Waals surface area contributed by atoms with Crippen LogP contribution in [0.3, 0.4) is 0 Å². The normalized spacial score (nSPS) is 12.6. The van der Waals surface area contributed by atoms with Gasteiger partial charge in [0.2, 0.25) is 0 Å². The number of nitrogen functional groups attached to an aromatic ring is 1. The second kappa shape index (κ2) is 9.86. The van der Waals surface area contributed by atoms with Crippen LogP contribution in [0.5, 0.6) is 17.2 Å². The highest BCUT2D eigenvalue weighted by molar-refractivity contribution is 7.85. The molecule has 0 saturated carbocycles. The molecule has 35 heavy (non-hydrogen) atoms. The fourth-order valence-electron chi connectivity index (χ4n) is 3.51. The third kappa shape index (κ3) is 5.50. The SMILES string of the molecule is COc1cc2ncc3c(N)nc(-c4cncc(OC[C@H](N)COS(C)(=O)=O)c4)cc3c2cc1OC. The summed E-state index contributed by atoms with van der Waals surface area (Å²) in [5, 5.41) is 2.36. The van der Waals surface area contributed by atoms with Crippen LogP contribution < -0.4 is 25.7 Å². The highest BCUT2D eigenvalue weighted by Gasteiger charge is 2.14. The van der Waals surface area contributed by atoms with Gasteiger partial charge in [0, 0.05) is 34.8 Å². The van der Waals surface area contributed by atoms with E-state index in [0.29, 0.717) is 45.2 Å². The molecule has 0 radical (unpaired) electrons. The molecule has 0 aliphatic heterocycles. The zero-order valence-electron chi connectivity index (χ0n) is 19.4. The first-order valence-electron chi connectivity index (χ1n) is 10.5. The number of anilines is 1. The van der Waals surface area contributed by atoms with Gasteiger partial charge in [0.05, 0.1) is 50.5 Å². The van der Waals surface area contributed by atoms with Gasteiger partial charge in [-0.15, -0.1) is 0 Å². The predicted molar refractivity (Wildman–Crippen MR) is 132 cm³/mol. The van der Waals surface area contributed by atoms with E-state index in [4.69, 9.17) is 29.9 Å². The summed E-state index contributed by atoms with van der Waals surface area (Å²) in [7, 11) is -0.441. The van der Waals surface area contributed by atoms with E-state index >= 15 is 0 Å². The molecule has 0 bridgehead atoms. The molecular formula is C23H25N5O6S. The van der Waals surface area contributed by atoms with Crippen LogP contribution >= 0.6 is 0 Å². The van der Waals surface area contributed by atoms with Crippen LogP contribution in [0, 0.1) is 0 Å². The van der Waals surface area contributed by atoms with E-state index in [1.54, 1.807) is 38.7 Å². The van der Waals surface area contributed by atoms with Crippen molar-refractivity contribution >= 4 is 37.6 Å². The number of methoxy groups -OCH3 is 2. The number of hydrogen-bond acceptors (Lipinski definition) is 11. The molecule has 0 amide bonds. The Hall–Kier alpha value is -3.74. The standard InChI is InChI=1S/C23H25N5O6S/c1-31-21-6-17-16-5-19(28-23(25)18(16)10-27-20(17)7-22(21)32-2)13-4-15(9-26-8-13)33-11-14(24)12-34-35(3,29)30/h4-10,14H,11-12,24H2,1-3H3,(H2,25,28)/t14-/m0/s1. The lowest BCUT2D eigenvalue weighted by molar-refractivity contribution is 0.224. The minimum atomic E-state index is -3.58. The van der Waals surface area contributed by atoms with Crippen LogP contribution in [0.2, 0.25) is 0 Å². The van der Waals surface area contributed by atoms with Crippen LogP contribution in [-0.4, -0.2) is 63.1 Å². The fraction of sp³-hybridized carbons (Fsp3) is 0.261. The quantitative estimate of drug-likeness (QED) is 0.256. The Balaban J connectivity index is 1.67. The molecule has 12 heteroatoms. The van der Waals surface area contributed by atoms with Crippen molar-refractivity contribution in [2.45, 2.75) is 6.04 Å². The number of hydrogen-bond donors (Lipinski definition) is 2. The summed E-state index contributed by atoms with van der Waals surface area (Å²) in [4.78, 5) is 13.2. The summed E-state index contributed by atoms with van der Waals surface area (Å²) >= 11 is 0. The predicted octanol–water partition coefficient (Wildman–Crippen LogP) is 2.13. The Morgan fingerprint density at radius 1 is 0.943 bits per heavy atom. The van der Waals surface area contributed by atoms with E-state index in [1.165, 1.54) is 6.20 Å². The van der Waals surface area contributed by atoms with Gasteiger partial charge >= 0.3 is 0 Å². The zero-order valence-corrected chi connectivity index (χ0v) is 20.2. The Kier molecular flexibility index (Phi) is 6.87. The Bertz CT molecular complexity index is 1500. The van der Waals surface area contributed by atoms with E-state index in [-0.39, 0.29) is 13.2 Å². The first-order chi connectivity index (χ1) is 16.7. The van der Waals surface area contributed by atoms with Crippen molar-refractivity contribution in [1.82, 2.24) is 15.0 Å². The molecule has 0 saturated heterocycles. The molecule has 0 spiro atoms. The van der Waals surface area contributed by atoms with E-state index < -0.39 is 16.2 Å². The molecule has 3 aromatic heterocycles. The Morgan fingerprint density at radius 2 is 1.69 bits per heavy atom. The summed E-state index contributed by atoms with van der Waals surface area (Å²) in [6.45, 7) is -0.157. The molecule has 4 N–H and O–H groups in total. The topological polar surface area (TPSA) is 162 Å². The van der Waals surface area contributed by atoms with Crippen molar-refractivity contribution in [2.24, 2.45) is 5.73 Å². The van der Waals surface area contributed by atoms with Crippen molar-refractivity contribution in [2.75, 3.05) is 39.4 Å². The summed E-state index contributed by atoms with van der Waals surface area (Å²) in [6, 6.07) is 6.65. The van der Waals surface area contributed by atoms with Crippen molar-refractivity contribution in [3.63, 3.8) is 0 Å². The van der Waals surface area contributed by atoms with Gasteiger partial charge in [-0.1, -0.05) is 0 Å². The molecule has 4 rings (SSSR count). The highest BCUT2D eigenvalue weighted by atomic mass is 32.2. The van der Waals surface area contributed by atoms with Gasteiger partial charge in [0.1, 0.15) is 18.2 Å². The van der Waals surface area contributed by atoms with Crippen molar-refractivity contribution in [1.29, 1.82) is 0 Å². The molecule has 3 heterocycles. The largest absolute Gasteiger partial charge is 0.493 e. The average Bonchev–Trinajstić information content (AvgIpc) is 2.84. The van der Waals surface area contributed by atoms with Gasteiger partial charge in [-0.3, -0.25) is 14.2 Å². The van der Waals surface area contributed by atoms with Gasteiger partial charge in [0.15, 0.2) is 11.5 Å². The summed E-state index contributed by atoms with van der Waals surface area (Å²) in [5.41, 5.74) is 14.1. The zero-order chi connectivity index (χ0) is 25.2. The molecule has 1 atom stereocenters. The maximum atomic E-state index is 11.1. The second-order valence-corrected chi connectivity index (χ2v) is 9.45. The fourth-order valence-corrected chi connectivity index (χ4v) is 3.93. The molecular weight excluding hydrogens is 474 g/mol. The van der Waals surface area contributed by atoms with Crippen LogP contribution in [0.15, 0.2) is 42.9 Å². The molecule has 4 aromatic rings. The Morgan fingerprint density at radius 3 is 2.40 bits per heavy atom. The van der Waals surface area contributed by atoms with Crippen molar-refractivity contribution < 1.29 is 26.8 Å². The summed E-state index contributed by atoms with van der Waals surface area (Å²) in [5.74, 6) is 1.89. The molecule has 1 aromatic carbocycles. The number of aromatic nitrogens is 3. The number of benzene rings is 1. The van der Waals surface area contributed by atoms with Gasteiger partial charge in [-0.05, 0) is 23.6 Å². The average molecular weight is 500 g/mol. The van der Waals surface area contributed by atoms with Crippen LogP contribution in [0.4, 0.5) is 5.82 Å². The van der Waals surface area contributed by atoms with E-state index in [1.807, 2.05) is 12.1 Å². The lowest BCUT2D eigenvalue weighted by Crippen LogP contribution is -2.33. The Labute approximate surface area is 202 Å². The van der Waals surface area contributed by atoms with E-state index in [9.17, 15) is 8.42 Å². The van der Waals surface area contributed by atoms with Crippen LogP contribution in [-0.2, 0) is 14.3 Å². The number of rotatable bonds is 9. The molecule has 0 aliphatic carbocycles. The summed E-state index contributed by atoms with van der Waals surface area (Å²) < 4.78 is 43.5. The first-order valence-corrected chi connectivity index (χ1v) is 12.3. The molecule has 0 fully saturated rings. The third-order valence-electron chi connectivity index (χ3n) is 5.18. The van der Waals surface area contributed by atoms with Gasteiger partial charge in [0.25, 0.3) is 10.1 Å². The second-order valence-electron chi connectivity index (χ2n) is 7.81. The number of fused-ring (bicyclic) bond motifs is 3. The van der Waals surface area contributed by atoms with Gasteiger partial charge in [-0.25, -0.2) is 4.98 Å². The molecule has 184 valence electrons. The number of pyridine rings is 3. The third-order valence-corrected chi connectivity index (χ3v) is 5.75. The highest BCUT2D eigenvalue weighted by Crippen LogP contribution is 2.37. The van der Waals surface area contributed by atoms with Crippen LogP contribution in [0.25, 0.3) is 32.9 Å². The lowest BCUT2D eigenvalue weighted by atomic mass is 10.0. The van der Waals surface area contributed by atoms with Crippen molar-refractivity contribution in [3.05, 3.63) is 42.9 Å². The van der Waals surface area contributed by atoms with Gasteiger partial charge in [-0.2, -0.15) is 8.42 Å². The summed E-state index contributed by atoms with van der Waals surface area (Å²) in [6.07, 6.45) is 5.80. The van der Waals surface area contributed by atoms with E-state index in [0.717, 1.165) is 17.0 Å². The number of ether oxygens (including phenoxy) is 3. The maximum absolute atomic E-state index is 11.1. The smallest absolute Gasteiger partial charge is 0.264 e. The molecule has 11 nitrogen and oxygen atoms in total. The van der Waals surface area contributed by atoms with Crippen molar-refractivity contribution in [3.8, 4) is 28.5 Å². The molecule has 0 aliphatic rings. The monoisotopic (exact) mass is 499 g/mol. The first kappa shape index (κ1) is 24.4. The number of nitrogens with zero attached hydrogens (tertiary/aromatic N) is 3. The van der Waals surface area contributed by atoms with Crippen LogP contribution in [0.1, 0.15) is 0 Å². The minimum absolute atomic E-state index is 0.0336. The van der Waals surface area contributed by atoms with E-state index in [2.05, 4.69) is 15.0 Å². The lowest BCUT2D eigenvalue weighted by Gasteiger charge is -2.14. The number of nitrogens with two attached hydrogens (primary N) is 2. The van der Waals surface area contributed by atoms with Gasteiger partial charge < -0.3 is 25.7 Å².